The van der Waals surface area contributed by atoms with Gasteiger partial charge in [-0.15, -0.1) is 0 Å². The van der Waals surface area contributed by atoms with Crippen molar-refractivity contribution in [1.29, 1.82) is 0 Å². The molecule has 2 saturated heterocycles. The van der Waals surface area contributed by atoms with E-state index in [1.165, 1.54) is 0 Å². The Labute approximate surface area is 86.0 Å². The average molecular weight is 199 g/mol. The van der Waals surface area contributed by atoms with Gasteiger partial charge in [-0.25, -0.2) is 0 Å². The number of nitrogens with zero attached hydrogens (tertiary/aromatic N) is 1. The molecule has 2 fully saturated rings. The molecular weight excluding hydrogens is 178 g/mol. The molecule has 1 atom stereocenters. The standard InChI is InChI=1S/C11H21NO2/c1-12-5-4-11(13,9-12)8-10-2-6-14-7-3-10/h10,13H,2-9H2,1H3. The van der Waals surface area contributed by atoms with E-state index < -0.39 is 5.60 Å². The van der Waals surface area contributed by atoms with E-state index >= 15 is 0 Å². The fourth-order valence-electron chi connectivity index (χ4n) is 2.71. The first-order valence-electron chi connectivity index (χ1n) is 5.67. The molecule has 1 unspecified atom stereocenters. The first-order valence-corrected chi connectivity index (χ1v) is 5.67. The van der Waals surface area contributed by atoms with Crippen LogP contribution < -0.4 is 0 Å². The summed E-state index contributed by atoms with van der Waals surface area (Å²) >= 11 is 0. The molecule has 2 aliphatic heterocycles. The molecule has 0 spiro atoms. The molecule has 1 N–H and O–H groups in total. The van der Waals surface area contributed by atoms with Crippen LogP contribution in [-0.2, 0) is 4.74 Å². The molecule has 82 valence electrons. The van der Waals surface area contributed by atoms with Crippen molar-refractivity contribution < 1.29 is 9.84 Å². The van der Waals surface area contributed by atoms with Gasteiger partial charge in [0, 0.05) is 26.3 Å². The van der Waals surface area contributed by atoms with Crippen LogP contribution in [0.4, 0.5) is 0 Å². The van der Waals surface area contributed by atoms with Crippen LogP contribution in [0.1, 0.15) is 25.7 Å². The molecule has 0 radical (unpaired) electrons. The van der Waals surface area contributed by atoms with Crippen LogP contribution >= 0.6 is 0 Å². The van der Waals surface area contributed by atoms with Crippen molar-refractivity contribution in [2.45, 2.75) is 31.3 Å². The molecule has 0 amide bonds. The third kappa shape index (κ3) is 2.47. The van der Waals surface area contributed by atoms with Crippen molar-refractivity contribution in [3.05, 3.63) is 0 Å². The van der Waals surface area contributed by atoms with E-state index in [2.05, 4.69) is 11.9 Å². The Morgan fingerprint density at radius 2 is 2.14 bits per heavy atom. The number of hydrogen-bond donors (Lipinski definition) is 1. The van der Waals surface area contributed by atoms with Crippen LogP contribution in [0.25, 0.3) is 0 Å². The van der Waals surface area contributed by atoms with Gasteiger partial charge in [-0.3, -0.25) is 0 Å². The quantitative estimate of drug-likeness (QED) is 0.716. The molecule has 2 aliphatic rings. The summed E-state index contributed by atoms with van der Waals surface area (Å²) in [6.45, 7) is 3.66. The molecule has 0 aromatic heterocycles. The second-order valence-corrected chi connectivity index (χ2v) is 4.97. The minimum Gasteiger partial charge on any atom is -0.388 e. The third-order valence-corrected chi connectivity index (χ3v) is 3.53. The highest BCUT2D eigenvalue weighted by Gasteiger charge is 2.36. The Hall–Kier alpha value is -0.120. The van der Waals surface area contributed by atoms with Crippen molar-refractivity contribution in [2.24, 2.45) is 5.92 Å². The van der Waals surface area contributed by atoms with Gasteiger partial charge in [-0.2, -0.15) is 0 Å². The van der Waals surface area contributed by atoms with Gasteiger partial charge in [-0.05, 0) is 38.6 Å². The van der Waals surface area contributed by atoms with Gasteiger partial charge in [0.1, 0.15) is 0 Å². The summed E-state index contributed by atoms with van der Waals surface area (Å²) in [4.78, 5) is 2.22. The number of likely N-dealkylation sites (tertiary alicyclic amines) is 1. The van der Waals surface area contributed by atoms with Crippen molar-refractivity contribution in [3.8, 4) is 0 Å². The first-order chi connectivity index (χ1) is 6.68. The number of likely N-dealkylation sites (N-methyl/N-ethyl adjacent to an activating group) is 1. The lowest BCUT2D eigenvalue weighted by Gasteiger charge is -2.30. The average Bonchev–Trinajstić information content (AvgIpc) is 2.47. The molecule has 0 aromatic rings. The van der Waals surface area contributed by atoms with E-state index in [0.717, 1.165) is 52.0 Å². The molecule has 2 heterocycles. The lowest BCUT2D eigenvalue weighted by molar-refractivity contribution is -0.00395. The Morgan fingerprint density at radius 3 is 2.71 bits per heavy atom. The normalized spacial score (nSPS) is 36.4. The highest BCUT2D eigenvalue weighted by atomic mass is 16.5. The molecule has 3 nitrogen and oxygen atoms in total. The molecule has 0 bridgehead atoms. The van der Waals surface area contributed by atoms with E-state index in [4.69, 9.17) is 4.74 Å². The van der Waals surface area contributed by atoms with E-state index in [0.29, 0.717) is 5.92 Å². The fraction of sp³-hybridized carbons (Fsp3) is 1.00. The smallest absolute Gasteiger partial charge is 0.0788 e. The zero-order valence-electron chi connectivity index (χ0n) is 9.04. The van der Waals surface area contributed by atoms with Gasteiger partial charge in [-0.1, -0.05) is 0 Å². The summed E-state index contributed by atoms with van der Waals surface area (Å²) in [7, 11) is 2.09. The SMILES string of the molecule is CN1CCC(O)(CC2CCOCC2)C1. The predicted octanol–water partition coefficient (Wildman–Crippen LogP) is 0.870. The molecule has 0 aliphatic carbocycles. The number of β-amino-alcohol motifs (C(OH)–C–C–N with tert-alkyl or cyclic N) is 1. The zero-order valence-corrected chi connectivity index (χ0v) is 9.04. The van der Waals surface area contributed by atoms with Crippen LogP contribution in [0.3, 0.4) is 0 Å². The minimum absolute atomic E-state index is 0.406. The van der Waals surface area contributed by atoms with Crippen LogP contribution in [0, 0.1) is 5.92 Å². The number of hydrogen-bond acceptors (Lipinski definition) is 3. The van der Waals surface area contributed by atoms with Gasteiger partial charge in [0.25, 0.3) is 0 Å². The van der Waals surface area contributed by atoms with Crippen LogP contribution in [0.15, 0.2) is 0 Å². The summed E-state index contributed by atoms with van der Waals surface area (Å²) in [6.07, 6.45) is 4.18. The molecule has 14 heavy (non-hydrogen) atoms. The van der Waals surface area contributed by atoms with E-state index in [9.17, 15) is 5.11 Å². The second kappa shape index (κ2) is 4.17. The van der Waals surface area contributed by atoms with Crippen LogP contribution in [0.5, 0.6) is 0 Å². The fourth-order valence-corrected chi connectivity index (χ4v) is 2.71. The Balaban J connectivity index is 1.83. The third-order valence-electron chi connectivity index (χ3n) is 3.53. The maximum absolute atomic E-state index is 10.3. The summed E-state index contributed by atoms with van der Waals surface area (Å²) in [5, 5.41) is 10.3. The molecule has 0 aromatic carbocycles. The Bertz CT molecular complexity index is 192. The summed E-state index contributed by atoms with van der Waals surface area (Å²) in [6, 6.07) is 0. The maximum Gasteiger partial charge on any atom is 0.0788 e. The lowest BCUT2D eigenvalue weighted by Crippen LogP contribution is -2.35. The van der Waals surface area contributed by atoms with Gasteiger partial charge in [0.2, 0.25) is 0 Å². The predicted molar refractivity (Wildman–Crippen MR) is 55.2 cm³/mol. The van der Waals surface area contributed by atoms with Crippen LogP contribution in [0.2, 0.25) is 0 Å². The Morgan fingerprint density at radius 1 is 1.43 bits per heavy atom. The second-order valence-electron chi connectivity index (χ2n) is 4.97. The molecule has 2 rings (SSSR count). The van der Waals surface area contributed by atoms with E-state index in [-0.39, 0.29) is 0 Å². The maximum atomic E-state index is 10.3. The number of aliphatic hydroxyl groups is 1. The topological polar surface area (TPSA) is 32.7 Å². The van der Waals surface area contributed by atoms with Crippen molar-refractivity contribution in [3.63, 3.8) is 0 Å². The van der Waals surface area contributed by atoms with E-state index in [1.54, 1.807) is 0 Å². The summed E-state index contributed by atoms with van der Waals surface area (Å²) in [5.41, 5.74) is -0.406. The van der Waals surface area contributed by atoms with Gasteiger partial charge in [0.05, 0.1) is 5.60 Å². The Kier molecular flexibility index (Phi) is 3.10. The largest absolute Gasteiger partial charge is 0.388 e. The first kappa shape index (κ1) is 10.4. The van der Waals surface area contributed by atoms with Crippen LogP contribution in [-0.4, -0.2) is 49.0 Å². The van der Waals surface area contributed by atoms with Gasteiger partial charge in [0.15, 0.2) is 0 Å². The number of rotatable bonds is 2. The minimum atomic E-state index is -0.406. The van der Waals surface area contributed by atoms with Gasteiger partial charge < -0.3 is 14.7 Å². The lowest BCUT2D eigenvalue weighted by atomic mass is 9.85. The molecule has 3 heteroatoms. The highest BCUT2D eigenvalue weighted by molar-refractivity contribution is 4.90. The summed E-state index contributed by atoms with van der Waals surface area (Å²) in [5.74, 6) is 0.681. The van der Waals surface area contributed by atoms with Gasteiger partial charge >= 0.3 is 0 Å². The summed E-state index contributed by atoms with van der Waals surface area (Å²) < 4.78 is 5.33. The monoisotopic (exact) mass is 199 g/mol. The zero-order chi connectivity index (χ0) is 10.0. The van der Waals surface area contributed by atoms with E-state index in [1.807, 2.05) is 0 Å². The molecule has 0 saturated carbocycles. The number of ether oxygens (including phenoxy) is 1. The molecular formula is C11H21NO2. The van der Waals surface area contributed by atoms with Crippen molar-refractivity contribution in [1.82, 2.24) is 4.90 Å². The van der Waals surface area contributed by atoms with Crippen molar-refractivity contribution >= 4 is 0 Å². The highest BCUT2D eigenvalue weighted by Crippen LogP contribution is 2.31. The van der Waals surface area contributed by atoms with Crippen molar-refractivity contribution in [2.75, 3.05) is 33.4 Å².